The summed E-state index contributed by atoms with van der Waals surface area (Å²) in [5, 5.41) is 9.92. The number of likely N-dealkylation sites (tertiary alicyclic amines) is 1. The maximum atomic E-state index is 12.0. The van der Waals surface area contributed by atoms with Crippen molar-refractivity contribution in [3.8, 4) is 0 Å². The van der Waals surface area contributed by atoms with E-state index in [-0.39, 0.29) is 5.91 Å². The number of amides is 1. The third-order valence-electron chi connectivity index (χ3n) is 3.08. The van der Waals surface area contributed by atoms with Gasteiger partial charge in [0.1, 0.15) is 0 Å². The van der Waals surface area contributed by atoms with Gasteiger partial charge < -0.3 is 14.4 Å². The zero-order chi connectivity index (χ0) is 11.6. The van der Waals surface area contributed by atoms with Gasteiger partial charge in [0.15, 0.2) is 5.76 Å². The minimum Gasteiger partial charge on any atom is -0.459 e. The molecular formula is C12H17NO3. The molecule has 1 saturated heterocycles. The molecule has 2 rings (SSSR count). The average Bonchev–Trinajstić information content (AvgIpc) is 2.69. The lowest BCUT2D eigenvalue weighted by atomic mass is 9.98. The molecule has 1 atom stereocenters. The first-order chi connectivity index (χ1) is 7.58. The van der Waals surface area contributed by atoms with Gasteiger partial charge in [0.2, 0.25) is 0 Å². The Labute approximate surface area is 94.9 Å². The van der Waals surface area contributed by atoms with E-state index in [1.165, 1.54) is 6.26 Å². The van der Waals surface area contributed by atoms with Crippen molar-refractivity contribution in [2.45, 2.75) is 31.8 Å². The Bertz CT molecular complexity index is 356. The van der Waals surface area contributed by atoms with Gasteiger partial charge in [0, 0.05) is 13.1 Å². The van der Waals surface area contributed by atoms with Crippen molar-refractivity contribution in [2.75, 3.05) is 13.1 Å². The molecule has 2 heterocycles. The van der Waals surface area contributed by atoms with Gasteiger partial charge in [-0.15, -0.1) is 0 Å². The first-order valence-corrected chi connectivity index (χ1v) is 5.64. The molecule has 16 heavy (non-hydrogen) atoms. The second kappa shape index (κ2) is 4.29. The van der Waals surface area contributed by atoms with Gasteiger partial charge in [-0.1, -0.05) is 0 Å². The van der Waals surface area contributed by atoms with Crippen LogP contribution in [0.3, 0.4) is 0 Å². The standard InChI is InChI=1S/C12H17NO3/c1-12(15)5-3-7-13(8-6-12)11(14)10-4-2-9-16-10/h2,4,9,15H,3,5-8H2,1H3. The highest BCUT2D eigenvalue weighted by Gasteiger charge is 2.28. The summed E-state index contributed by atoms with van der Waals surface area (Å²) in [6.45, 7) is 3.11. The van der Waals surface area contributed by atoms with Crippen LogP contribution in [-0.4, -0.2) is 34.6 Å². The molecule has 1 aliphatic rings. The van der Waals surface area contributed by atoms with Crippen molar-refractivity contribution >= 4 is 5.91 Å². The van der Waals surface area contributed by atoms with Crippen molar-refractivity contribution in [3.05, 3.63) is 24.2 Å². The number of hydrogen-bond donors (Lipinski definition) is 1. The summed E-state index contributed by atoms with van der Waals surface area (Å²) >= 11 is 0. The van der Waals surface area contributed by atoms with Gasteiger partial charge in [-0.2, -0.15) is 0 Å². The zero-order valence-electron chi connectivity index (χ0n) is 9.48. The molecule has 1 aliphatic heterocycles. The van der Waals surface area contributed by atoms with E-state index in [1.54, 1.807) is 17.0 Å². The van der Waals surface area contributed by atoms with Crippen molar-refractivity contribution in [2.24, 2.45) is 0 Å². The lowest BCUT2D eigenvalue weighted by Crippen LogP contribution is -2.33. The van der Waals surface area contributed by atoms with E-state index in [9.17, 15) is 9.90 Å². The molecule has 0 bridgehead atoms. The molecule has 0 spiro atoms. The highest BCUT2D eigenvalue weighted by Crippen LogP contribution is 2.22. The molecular weight excluding hydrogens is 206 g/mol. The number of aliphatic hydroxyl groups is 1. The van der Waals surface area contributed by atoms with Crippen LogP contribution in [-0.2, 0) is 0 Å². The molecule has 1 unspecified atom stereocenters. The van der Waals surface area contributed by atoms with Crippen molar-refractivity contribution < 1.29 is 14.3 Å². The average molecular weight is 223 g/mol. The van der Waals surface area contributed by atoms with Crippen LogP contribution >= 0.6 is 0 Å². The topological polar surface area (TPSA) is 53.7 Å². The van der Waals surface area contributed by atoms with Crippen LogP contribution in [0.25, 0.3) is 0 Å². The van der Waals surface area contributed by atoms with Gasteiger partial charge in [0.05, 0.1) is 11.9 Å². The largest absolute Gasteiger partial charge is 0.459 e. The number of rotatable bonds is 1. The second-order valence-electron chi connectivity index (χ2n) is 4.62. The number of nitrogens with zero attached hydrogens (tertiary/aromatic N) is 1. The summed E-state index contributed by atoms with van der Waals surface area (Å²) in [5.41, 5.74) is -0.641. The van der Waals surface area contributed by atoms with E-state index in [4.69, 9.17) is 4.42 Å². The number of carbonyl (C=O) groups is 1. The summed E-state index contributed by atoms with van der Waals surface area (Å²) in [4.78, 5) is 13.7. The Morgan fingerprint density at radius 1 is 1.50 bits per heavy atom. The van der Waals surface area contributed by atoms with Crippen LogP contribution in [0.1, 0.15) is 36.7 Å². The third-order valence-corrected chi connectivity index (χ3v) is 3.08. The first kappa shape index (κ1) is 11.2. The van der Waals surface area contributed by atoms with E-state index in [0.29, 0.717) is 25.3 Å². The molecule has 1 fully saturated rings. The van der Waals surface area contributed by atoms with Crippen molar-refractivity contribution in [1.82, 2.24) is 4.90 Å². The quantitative estimate of drug-likeness (QED) is 0.787. The van der Waals surface area contributed by atoms with Crippen LogP contribution in [0.15, 0.2) is 22.8 Å². The molecule has 1 N–H and O–H groups in total. The highest BCUT2D eigenvalue weighted by molar-refractivity contribution is 5.91. The Morgan fingerprint density at radius 3 is 3.00 bits per heavy atom. The molecule has 0 saturated carbocycles. The van der Waals surface area contributed by atoms with E-state index in [1.807, 2.05) is 6.92 Å². The number of furan rings is 1. The minimum absolute atomic E-state index is 0.0808. The molecule has 1 aromatic heterocycles. The maximum absolute atomic E-state index is 12.0. The predicted octanol–water partition coefficient (Wildman–Crippen LogP) is 1.66. The molecule has 1 amide bonds. The minimum atomic E-state index is -0.641. The Morgan fingerprint density at radius 2 is 2.31 bits per heavy atom. The van der Waals surface area contributed by atoms with Crippen LogP contribution < -0.4 is 0 Å². The smallest absolute Gasteiger partial charge is 0.289 e. The van der Waals surface area contributed by atoms with Crippen LogP contribution in [0, 0.1) is 0 Å². The van der Waals surface area contributed by atoms with E-state index in [0.717, 1.165) is 12.8 Å². The molecule has 0 radical (unpaired) electrons. The second-order valence-corrected chi connectivity index (χ2v) is 4.62. The van der Waals surface area contributed by atoms with Gasteiger partial charge in [0.25, 0.3) is 5.91 Å². The lowest BCUT2D eigenvalue weighted by Gasteiger charge is -2.21. The predicted molar refractivity (Wildman–Crippen MR) is 59.1 cm³/mol. The van der Waals surface area contributed by atoms with Crippen molar-refractivity contribution in [1.29, 1.82) is 0 Å². The monoisotopic (exact) mass is 223 g/mol. The number of carbonyl (C=O) groups excluding carboxylic acids is 1. The molecule has 4 nitrogen and oxygen atoms in total. The summed E-state index contributed by atoms with van der Waals surface area (Å²) in [6.07, 6.45) is 3.70. The zero-order valence-corrected chi connectivity index (χ0v) is 9.48. The normalized spacial score (nSPS) is 26.5. The Balaban J connectivity index is 2.03. The van der Waals surface area contributed by atoms with Gasteiger partial charge >= 0.3 is 0 Å². The molecule has 88 valence electrons. The van der Waals surface area contributed by atoms with E-state index < -0.39 is 5.60 Å². The summed E-state index contributed by atoms with van der Waals surface area (Å²) in [5.74, 6) is 0.296. The molecule has 0 aromatic carbocycles. The van der Waals surface area contributed by atoms with E-state index in [2.05, 4.69) is 0 Å². The first-order valence-electron chi connectivity index (χ1n) is 5.64. The van der Waals surface area contributed by atoms with Gasteiger partial charge in [-0.25, -0.2) is 0 Å². The fourth-order valence-corrected chi connectivity index (χ4v) is 2.02. The lowest BCUT2D eigenvalue weighted by molar-refractivity contribution is 0.0434. The fraction of sp³-hybridized carbons (Fsp3) is 0.583. The molecule has 4 heteroatoms. The van der Waals surface area contributed by atoms with E-state index >= 15 is 0 Å². The summed E-state index contributed by atoms with van der Waals surface area (Å²) in [6, 6.07) is 3.38. The third kappa shape index (κ3) is 2.44. The fourth-order valence-electron chi connectivity index (χ4n) is 2.02. The van der Waals surface area contributed by atoms with Crippen LogP contribution in [0.4, 0.5) is 0 Å². The van der Waals surface area contributed by atoms with Crippen LogP contribution in [0.2, 0.25) is 0 Å². The Hall–Kier alpha value is -1.29. The highest BCUT2D eigenvalue weighted by atomic mass is 16.3. The summed E-state index contributed by atoms with van der Waals surface area (Å²) in [7, 11) is 0. The summed E-state index contributed by atoms with van der Waals surface area (Å²) < 4.78 is 5.09. The van der Waals surface area contributed by atoms with Gasteiger partial charge in [-0.05, 0) is 38.3 Å². The SMILES string of the molecule is CC1(O)CCCN(C(=O)c2ccco2)CC1. The Kier molecular flexibility index (Phi) is 3.01. The van der Waals surface area contributed by atoms with Gasteiger partial charge in [-0.3, -0.25) is 4.79 Å². The molecule has 0 aliphatic carbocycles. The molecule has 1 aromatic rings. The van der Waals surface area contributed by atoms with Crippen molar-refractivity contribution in [3.63, 3.8) is 0 Å². The van der Waals surface area contributed by atoms with Crippen LogP contribution in [0.5, 0.6) is 0 Å². The maximum Gasteiger partial charge on any atom is 0.289 e. The number of hydrogen-bond acceptors (Lipinski definition) is 3.